The molecule has 0 bridgehead atoms. The minimum absolute atomic E-state index is 0.0160. The molecule has 0 radical (unpaired) electrons. The van der Waals surface area contributed by atoms with Crippen molar-refractivity contribution in [2.75, 3.05) is 5.73 Å². The number of hydrogen-bond donors (Lipinski definition) is 1. The quantitative estimate of drug-likeness (QED) is 0.872. The number of anilines is 1. The second kappa shape index (κ2) is 5.38. The predicted molar refractivity (Wildman–Crippen MR) is 71.9 cm³/mol. The molecule has 2 N–H and O–H groups in total. The smallest absolute Gasteiger partial charge is 0.383 e. The molecular weight excluding hydrogens is 286 g/mol. The summed E-state index contributed by atoms with van der Waals surface area (Å²) in [4.78, 5) is 4.01. The van der Waals surface area contributed by atoms with Gasteiger partial charge in [0.2, 0.25) is 0 Å². The number of aromatic nitrogens is 2. The van der Waals surface area contributed by atoms with Crippen molar-refractivity contribution >= 4 is 5.82 Å². The van der Waals surface area contributed by atoms with Crippen LogP contribution >= 0.6 is 0 Å². The molecule has 21 heavy (non-hydrogen) atoms. The molecule has 0 atom stereocenters. The number of benzene rings is 1. The average molecular weight is 301 g/mol. The number of nitrogens with zero attached hydrogens (tertiary/aromatic N) is 2. The molecule has 0 unspecified atom stereocenters. The normalized spacial score (nSPS) is 12.1. The van der Waals surface area contributed by atoms with Crippen LogP contribution in [0.15, 0.2) is 24.5 Å². The van der Waals surface area contributed by atoms with Gasteiger partial charge in [-0.1, -0.05) is 13.8 Å². The fourth-order valence-electron chi connectivity index (χ4n) is 2.04. The molecule has 0 fully saturated rings. The lowest BCUT2D eigenvalue weighted by molar-refractivity contribution is -0.137. The first-order chi connectivity index (χ1) is 9.68. The van der Waals surface area contributed by atoms with E-state index in [1.54, 1.807) is 4.57 Å². The van der Waals surface area contributed by atoms with Gasteiger partial charge in [-0.3, -0.25) is 0 Å². The third kappa shape index (κ3) is 3.34. The molecule has 0 amide bonds. The third-order valence-corrected chi connectivity index (χ3v) is 2.94. The van der Waals surface area contributed by atoms with Gasteiger partial charge in [0.05, 0.1) is 11.9 Å². The summed E-state index contributed by atoms with van der Waals surface area (Å²) in [5.74, 6) is -0.451. The molecule has 1 aromatic carbocycles. The van der Waals surface area contributed by atoms with Gasteiger partial charge in [-0.05, 0) is 24.1 Å². The fraction of sp³-hybridized carbons (Fsp3) is 0.357. The molecule has 2 aromatic rings. The highest BCUT2D eigenvalue weighted by Gasteiger charge is 2.31. The monoisotopic (exact) mass is 301 g/mol. The van der Waals surface area contributed by atoms with E-state index in [9.17, 15) is 17.6 Å². The van der Waals surface area contributed by atoms with E-state index < -0.39 is 17.6 Å². The van der Waals surface area contributed by atoms with Gasteiger partial charge >= 0.3 is 6.18 Å². The largest absolute Gasteiger partial charge is 0.416 e. The summed E-state index contributed by atoms with van der Waals surface area (Å²) in [6.07, 6.45) is -3.17. The number of nitrogen functional groups attached to an aromatic ring is 1. The van der Waals surface area contributed by atoms with Crippen LogP contribution in [0.4, 0.5) is 23.4 Å². The molecule has 0 aliphatic rings. The van der Waals surface area contributed by atoms with Crippen LogP contribution in [-0.4, -0.2) is 9.55 Å². The van der Waals surface area contributed by atoms with E-state index in [0.29, 0.717) is 18.5 Å². The zero-order valence-corrected chi connectivity index (χ0v) is 11.6. The van der Waals surface area contributed by atoms with Crippen LogP contribution in [0.25, 0.3) is 11.3 Å². The van der Waals surface area contributed by atoms with E-state index in [4.69, 9.17) is 5.73 Å². The average Bonchev–Trinajstić information content (AvgIpc) is 2.68. The number of rotatable bonds is 3. The summed E-state index contributed by atoms with van der Waals surface area (Å²) < 4.78 is 53.2. The molecule has 3 nitrogen and oxygen atoms in total. The minimum Gasteiger partial charge on any atom is -0.383 e. The predicted octanol–water partition coefficient (Wildman–Crippen LogP) is 3.95. The van der Waals surface area contributed by atoms with Crippen LogP contribution in [0.2, 0.25) is 0 Å². The van der Waals surface area contributed by atoms with Crippen LogP contribution in [0.3, 0.4) is 0 Å². The van der Waals surface area contributed by atoms with Crippen molar-refractivity contribution in [3.05, 3.63) is 35.9 Å². The standard InChI is InChI=1S/C14H15F4N3/c1-8(2)6-21-7-20-12(13(21)19)9-3-10(14(16,17)18)5-11(15)4-9/h3-5,7-8H,6,19H2,1-2H3. The van der Waals surface area contributed by atoms with Gasteiger partial charge < -0.3 is 10.3 Å². The number of halogens is 4. The summed E-state index contributed by atoms with van der Waals surface area (Å²) in [6, 6.07) is 2.29. The van der Waals surface area contributed by atoms with Gasteiger partial charge in [-0.2, -0.15) is 13.2 Å². The van der Waals surface area contributed by atoms with Crippen LogP contribution in [0.5, 0.6) is 0 Å². The molecule has 1 heterocycles. The van der Waals surface area contributed by atoms with E-state index in [-0.39, 0.29) is 17.1 Å². The first-order valence-corrected chi connectivity index (χ1v) is 6.37. The van der Waals surface area contributed by atoms with E-state index in [0.717, 1.165) is 12.1 Å². The van der Waals surface area contributed by atoms with Crippen LogP contribution < -0.4 is 5.73 Å². The molecule has 114 valence electrons. The van der Waals surface area contributed by atoms with Gasteiger partial charge in [0.25, 0.3) is 0 Å². The number of hydrogen-bond acceptors (Lipinski definition) is 2. The summed E-state index contributed by atoms with van der Waals surface area (Å²) >= 11 is 0. The Hall–Kier alpha value is -2.05. The Labute approximate surface area is 119 Å². The lowest BCUT2D eigenvalue weighted by Gasteiger charge is -2.10. The molecule has 0 spiro atoms. The van der Waals surface area contributed by atoms with Crippen molar-refractivity contribution in [1.29, 1.82) is 0 Å². The maximum absolute atomic E-state index is 13.4. The molecular formula is C14H15F4N3. The number of alkyl halides is 3. The Morgan fingerprint density at radius 1 is 1.24 bits per heavy atom. The Morgan fingerprint density at radius 3 is 2.48 bits per heavy atom. The zero-order chi connectivity index (χ0) is 15.8. The maximum atomic E-state index is 13.4. The van der Waals surface area contributed by atoms with Crippen LogP contribution in [0, 0.1) is 11.7 Å². The van der Waals surface area contributed by atoms with Gasteiger partial charge in [0, 0.05) is 12.1 Å². The Balaban J connectivity index is 2.48. The van der Waals surface area contributed by atoms with E-state index in [1.165, 1.54) is 6.33 Å². The Morgan fingerprint density at radius 2 is 1.90 bits per heavy atom. The molecule has 0 saturated carbocycles. The zero-order valence-electron chi connectivity index (χ0n) is 11.6. The SMILES string of the molecule is CC(C)Cn1cnc(-c2cc(F)cc(C(F)(F)F)c2)c1N. The highest BCUT2D eigenvalue weighted by Crippen LogP contribution is 2.34. The lowest BCUT2D eigenvalue weighted by Crippen LogP contribution is -2.07. The topological polar surface area (TPSA) is 43.8 Å². The fourth-order valence-corrected chi connectivity index (χ4v) is 2.04. The van der Waals surface area contributed by atoms with E-state index in [2.05, 4.69) is 4.98 Å². The van der Waals surface area contributed by atoms with Crippen LogP contribution in [0.1, 0.15) is 19.4 Å². The summed E-state index contributed by atoms with van der Waals surface area (Å²) in [7, 11) is 0. The number of imidazole rings is 1. The van der Waals surface area contributed by atoms with Gasteiger partial charge in [0.15, 0.2) is 0 Å². The summed E-state index contributed by atoms with van der Waals surface area (Å²) in [6.45, 7) is 4.53. The minimum atomic E-state index is -4.62. The number of nitrogens with two attached hydrogens (primary N) is 1. The van der Waals surface area contributed by atoms with Gasteiger partial charge in [-0.25, -0.2) is 9.37 Å². The van der Waals surface area contributed by atoms with Crippen molar-refractivity contribution in [3.63, 3.8) is 0 Å². The van der Waals surface area contributed by atoms with E-state index in [1.807, 2.05) is 13.8 Å². The third-order valence-electron chi connectivity index (χ3n) is 2.94. The van der Waals surface area contributed by atoms with Crippen LogP contribution in [-0.2, 0) is 12.7 Å². The molecule has 0 aliphatic carbocycles. The molecule has 0 saturated heterocycles. The maximum Gasteiger partial charge on any atom is 0.416 e. The summed E-state index contributed by atoms with van der Waals surface area (Å²) in [5, 5.41) is 0. The van der Waals surface area contributed by atoms with Gasteiger partial charge in [-0.15, -0.1) is 0 Å². The summed E-state index contributed by atoms with van der Waals surface area (Å²) in [5.41, 5.74) is 5.00. The van der Waals surface area contributed by atoms with Gasteiger partial charge in [0.1, 0.15) is 17.3 Å². The molecule has 7 heteroatoms. The molecule has 1 aromatic heterocycles. The highest BCUT2D eigenvalue weighted by molar-refractivity contribution is 5.71. The lowest BCUT2D eigenvalue weighted by atomic mass is 10.1. The second-order valence-electron chi connectivity index (χ2n) is 5.25. The molecule has 0 aliphatic heterocycles. The van der Waals surface area contributed by atoms with Crippen molar-refractivity contribution in [2.24, 2.45) is 5.92 Å². The van der Waals surface area contributed by atoms with Crippen molar-refractivity contribution in [1.82, 2.24) is 9.55 Å². The Kier molecular flexibility index (Phi) is 3.93. The van der Waals surface area contributed by atoms with Crippen molar-refractivity contribution in [3.8, 4) is 11.3 Å². The second-order valence-corrected chi connectivity index (χ2v) is 5.25. The Bertz CT molecular complexity index is 644. The van der Waals surface area contributed by atoms with Crippen molar-refractivity contribution in [2.45, 2.75) is 26.6 Å². The first-order valence-electron chi connectivity index (χ1n) is 6.37. The first kappa shape index (κ1) is 15.3. The van der Waals surface area contributed by atoms with E-state index >= 15 is 0 Å². The molecule has 2 rings (SSSR count). The highest BCUT2D eigenvalue weighted by atomic mass is 19.4. The van der Waals surface area contributed by atoms with Crippen molar-refractivity contribution < 1.29 is 17.6 Å².